The second kappa shape index (κ2) is 5.21. The molecular formula is C11H11ClF2O. The average Bonchev–Trinajstić information content (AvgIpc) is 2.20. The Balaban J connectivity index is 2.94. The third-order valence-corrected chi connectivity index (χ3v) is 2.35. The molecule has 0 unspecified atom stereocenters. The Kier molecular flexibility index (Phi) is 4.21. The summed E-state index contributed by atoms with van der Waals surface area (Å²) in [5.74, 6) is -1.31. The molecule has 0 aliphatic rings. The fourth-order valence-corrected chi connectivity index (χ4v) is 1.36. The van der Waals surface area contributed by atoms with Gasteiger partial charge in [0.2, 0.25) is 0 Å². The lowest BCUT2D eigenvalue weighted by atomic mass is 10.0. The van der Waals surface area contributed by atoms with E-state index in [0.717, 1.165) is 12.1 Å². The van der Waals surface area contributed by atoms with Gasteiger partial charge in [0.15, 0.2) is 5.78 Å². The van der Waals surface area contributed by atoms with Crippen LogP contribution < -0.4 is 0 Å². The van der Waals surface area contributed by atoms with Crippen molar-refractivity contribution in [1.82, 2.24) is 0 Å². The maximum Gasteiger partial charge on any atom is 0.165 e. The zero-order chi connectivity index (χ0) is 11.4. The summed E-state index contributed by atoms with van der Waals surface area (Å²) in [5.41, 5.74) is 0.00427. The first-order chi connectivity index (χ1) is 7.06. The van der Waals surface area contributed by atoms with E-state index in [1.54, 1.807) is 0 Å². The molecule has 0 aliphatic heterocycles. The van der Waals surface area contributed by atoms with E-state index in [-0.39, 0.29) is 17.5 Å². The SMILES string of the molecule is Cc1cc(F)c(C(=O)CCCCl)cc1F. The van der Waals surface area contributed by atoms with Crippen LogP contribution in [0.5, 0.6) is 0 Å². The molecule has 1 aromatic carbocycles. The molecule has 1 rings (SSSR count). The van der Waals surface area contributed by atoms with Crippen LogP contribution in [-0.2, 0) is 0 Å². The molecule has 82 valence electrons. The number of benzene rings is 1. The first kappa shape index (κ1) is 12.1. The van der Waals surface area contributed by atoms with Crippen LogP contribution >= 0.6 is 11.6 Å². The van der Waals surface area contributed by atoms with E-state index in [1.165, 1.54) is 6.92 Å². The first-order valence-corrected chi connectivity index (χ1v) is 5.14. The van der Waals surface area contributed by atoms with Gasteiger partial charge in [-0.25, -0.2) is 8.78 Å². The summed E-state index contributed by atoms with van der Waals surface area (Å²) in [6, 6.07) is 1.98. The molecule has 1 nitrogen and oxygen atoms in total. The number of alkyl halides is 1. The van der Waals surface area contributed by atoms with Gasteiger partial charge in [-0.15, -0.1) is 11.6 Å². The number of carbonyl (C=O) groups excluding carboxylic acids is 1. The van der Waals surface area contributed by atoms with Crippen LogP contribution in [0.1, 0.15) is 28.8 Å². The Bertz CT molecular complexity index is 377. The van der Waals surface area contributed by atoms with Gasteiger partial charge in [-0.2, -0.15) is 0 Å². The van der Waals surface area contributed by atoms with E-state index in [1.807, 2.05) is 0 Å². The lowest BCUT2D eigenvalue weighted by molar-refractivity contribution is 0.0977. The van der Waals surface area contributed by atoms with Gasteiger partial charge in [0, 0.05) is 12.3 Å². The zero-order valence-electron chi connectivity index (χ0n) is 8.32. The van der Waals surface area contributed by atoms with Crippen molar-refractivity contribution in [2.24, 2.45) is 0 Å². The largest absolute Gasteiger partial charge is 0.294 e. The first-order valence-electron chi connectivity index (χ1n) is 4.61. The Morgan fingerprint density at radius 1 is 1.33 bits per heavy atom. The third-order valence-electron chi connectivity index (χ3n) is 2.09. The molecule has 0 aliphatic carbocycles. The Hall–Kier alpha value is -0.960. The van der Waals surface area contributed by atoms with Gasteiger partial charge in [0.05, 0.1) is 5.56 Å². The van der Waals surface area contributed by atoms with Crippen LogP contribution in [0.2, 0.25) is 0 Å². The van der Waals surface area contributed by atoms with Crippen molar-refractivity contribution >= 4 is 17.4 Å². The van der Waals surface area contributed by atoms with Gasteiger partial charge >= 0.3 is 0 Å². The molecule has 0 saturated heterocycles. The molecule has 15 heavy (non-hydrogen) atoms. The Labute approximate surface area is 92.1 Å². The summed E-state index contributed by atoms with van der Waals surface area (Å²) in [4.78, 5) is 11.4. The highest BCUT2D eigenvalue weighted by Gasteiger charge is 2.13. The molecule has 0 N–H and O–H groups in total. The highest BCUT2D eigenvalue weighted by atomic mass is 35.5. The van der Waals surface area contributed by atoms with Gasteiger partial charge < -0.3 is 0 Å². The van der Waals surface area contributed by atoms with Crippen LogP contribution in [0, 0.1) is 18.6 Å². The van der Waals surface area contributed by atoms with E-state index in [0.29, 0.717) is 12.3 Å². The van der Waals surface area contributed by atoms with Crippen molar-refractivity contribution in [2.75, 3.05) is 5.88 Å². The summed E-state index contributed by atoms with van der Waals surface area (Å²) in [6.45, 7) is 1.45. The van der Waals surface area contributed by atoms with Crippen molar-refractivity contribution in [3.8, 4) is 0 Å². The number of Topliss-reactive ketones (excluding diaryl/α,β-unsaturated/α-hetero) is 1. The standard InChI is InChI=1S/C11H11ClF2O/c1-7-5-10(14)8(6-9(7)13)11(15)3-2-4-12/h5-6H,2-4H2,1H3. The molecular weight excluding hydrogens is 222 g/mol. The van der Waals surface area contributed by atoms with Gasteiger partial charge in [0.1, 0.15) is 11.6 Å². The fraction of sp³-hybridized carbons (Fsp3) is 0.364. The molecule has 0 amide bonds. The highest BCUT2D eigenvalue weighted by molar-refractivity contribution is 6.18. The monoisotopic (exact) mass is 232 g/mol. The number of hydrogen-bond donors (Lipinski definition) is 0. The van der Waals surface area contributed by atoms with E-state index in [2.05, 4.69) is 0 Å². The molecule has 0 fully saturated rings. The lowest BCUT2D eigenvalue weighted by Crippen LogP contribution is -2.04. The molecule has 0 saturated carbocycles. The summed E-state index contributed by atoms with van der Waals surface area (Å²) >= 11 is 5.41. The molecule has 0 atom stereocenters. The Morgan fingerprint density at radius 3 is 2.60 bits per heavy atom. The topological polar surface area (TPSA) is 17.1 Å². The van der Waals surface area contributed by atoms with Gasteiger partial charge in [-0.1, -0.05) is 0 Å². The number of halogens is 3. The van der Waals surface area contributed by atoms with Crippen LogP contribution in [0.25, 0.3) is 0 Å². The second-order valence-electron chi connectivity index (χ2n) is 3.30. The van der Waals surface area contributed by atoms with Gasteiger partial charge in [-0.05, 0) is 31.0 Å². The normalized spacial score (nSPS) is 10.4. The van der Waals surface area contributed by atoms with Gasteiger partial charge in [0.25, 0.3) is 0 Å². The maximum atomic E-state index is 13.3. The fourth-order valence-electron chi connectivity index (χ4n) is 1.22. The highest BCUT2D eigenvalue weighted by Crippen LogP contribution is 2.16. The van der Waals surface area contributed by atoms with Gasteiger partial charge in [-0.3, -0.25) is 4.79 Å². The van der Waals surface area contributed by atoms with Crippen LogP contribution in [0.4, 0.5) is 8.78 Å². The van der Waals surface area contributed by atoms with E-state index in [9.17, 15) is 13.6 Å². The van der Waals surface area contributed by atoms with E-state index < -0.39 is 17.4 Å². The number of rotatable bonds is 4. The minimum absolute atomic E-state index is 0.142. The smallest absolute Gasteiger partial charge is 0.165 e. The predicted octanol–water partition coefficient (Wildman–Crippen LogP) is 3.47. The van der Waals surface area contributed by atoms with Crippen LogP contribution in [0.15, 0.2) is 12.1 Å². The lowest BCUT2D eigenvalue weighted by Gasteiger charge is -2.04. The number of carbonyl (C=O) groups is 1. The molecule has 0 aromatic heterocycles. The van der Waals surface area contributed by atoms with E-state index >= 15 is 0 Å². The minimum atomic E-state index is -0.673. The van der Waals surface area contributed by atoms with Crippen LogP contribution in [-0.4, -0.2) is 11.7 Å². The summed E-state index contributed by atoms with van der Waals surface area (Å²) in [6.07, 6.45) is 0.609. The molecule has 1 aromatic rings. The third kappa shape index (κ3) is 2.99. The molecule has 0 bridgehead atoms. The molecule has 0 heterocycles. The summed E-state index contributed by atoms with van der Waals surface area (Å²) < 4.78 is 26.4. The predicted molar refractivity (Wildman–Crippen MR) is 55.4 cm³/mol. The molecule has 0 spiro atoms. The average molecular weight is 233 g/mol. The van der Waals surface area contributed by atoms with Crippen molar-refractivity contribution in [1.29, 1.82) is 0 Å². The number of ketones is 1. The number of hydrogen-bond acceptors (Lipinski definition) is 1. The molecule has 0 radical (unpaired) electrons. The van der Waals surface area contributed by atoms with E-state index in [4.69, 9.17) is 11.6 Å². The summed E-state index contributed by atoms with van der Waals surface area (Å²) in [7, 11) is 0. The minimum Gasteiger partial charge on any atom is -0.294 e. The number of aryl methyl sites for hydroxylation is 1. The van der Waals surface area contributed by atoms with Crippen molar-refractivity contribution in [3.05, 3.63) is 34.9 Å². The molecule has 4 heteroatoms. The van der Waals surface area contributed by atoms with Crippen molar-refractivity contribution in [3.63, 3.8) is 0 Å². The Morgan fingerprint density at radius 2 is 2.00 bits per heavy atom. The van der Waals surface area contributed by atoms with Crippen molar-refractivity contribution in [2.45, 2.75) is 19.8 Å². The quantitative estimate of drug-likeness (QED) is 0.574. The second-order valence-corrected chi connectivity index (χ2v) is 3.67. The van der Waals surface area contributed by atoms with Crippen molar-refractivity contribution < 1.29 is 13.6 Å². The van der Waals surface area contributed by atoms with Crippen LogP contribution in [0.3, 0.4) is 0 Å². The summed E-state index contributed by atoms with van der Waals surface area (Å²) in [5, 5.41) is 0. The maximum absolute atomic E-state index is 13.3. The zero-order valence-corrected chi connectivity index (χ0v) is 9.07.